The van der Waals surface area contributed by atoms with E-state index in [-0.39, 0.29) is 0 Å². The maximum absolute atomic E-state index is 5.79. The van der Waals surface area contributed by atoms with Crippen LogP contribution in [0.5, 0.6) is 0 Å². The first-order valence-corrected chi connectivity index (χ1v) is 4.29. The molecule has 1 rings (SSSR count). The van der Waals surface area contributed by atoms with Crippen molar-refractivity contribution in [2.24, 2.45) is 0 Å². The molecule has 0 spiro atoms. The van der Waals surface area contributed by atoms with Crippen molar-refractivity contribution in [3.63, 3.8) is 0 Å². The Bertz CT molecular complexity index is 245. The Morgan fingerprint density at radius 2 is 2.09 bits per heavy atom. The van der Waals surface area contributed by atoms with Crippen molar-refractivity contribution in [2.75, 3.05) is 0 Å². The standard InChI is InChI=1S/C9H12ClN/c1-3-7-5-8(10)6-11-9(7)4-2/h5-6H,3-4H2,1-2H3. The molecule has 0 saturated heterocycles. The van der Waals surface area contributed by atoms with Gasteiger partial charge in [-0.25, -0.2) is 0 Å². The highest BCUT2D eigenvalue weighted by atomic mass is 35.5. The molecular formula is C9H12ClN. The van der Waals surface area contributed by atoms with Crippen LogP contribution in [0.1, 0.15) is 25.1 Å². The average Bonchev–Trinajstić information content (AvgIpc) is 2.04. The molecule has 0 radical (unpaired) electrons. The van der Waals surface area contributed by atoms with Gasteiger partial charge in [-0.1, -0.05) is 25.4 Å². The second-order valence-corrected chi connectivity index (χ2v) is 2.90. The van der Waals surface area contributed by atoms with E-state index in [1.54, 1.807) is 6.20 Å². The number of rotatable bonds is 2. The smallest absolute Gasteiger partial charge is 0.0592 e. The van der Waals surface area contributed by atoms with Gasteiger partial charge >= 0.3 is 0 Å². The van der Waals surface area contributed by atoms with Crippen LogP contribution in [0.2, 0.25) is 5.02 Å². The van der Waals surface area contributed by atoms with E-state index in [9.17, 15) is 0 Å². The van der Waals surface area contributed by atoms with Gasteiger partial charge in [0.2, 0.25) is 0 Å². The number of halogens is 1. The molecule has 1 heterocycles. The lowest BCUT2D eigenvalue weighted by Gasteiger charge is -2.03. The summed E-state index contributed by atoms with van der Waals surface area (Å²) in [6.07, 6.45) is 3.70. The van der Waals surface area contributed by atoms with Gasteiger partial charge in [-0.05, 0) is 24.5 Å². The minimum absolute atomic E-state index is 0.735. The van der Waals surface area contributed by atoms with Crippen LogP contribution in [0, 0.1) is 0 Å². The molecular weight excluding hydrogens is 158 g/mol. The van der Waals surface area contributed by atoms with Crippen LogP contribution in [0.25, 0.3) is 0 Å². The topological polar surface area (TPSA) is 12.9 Å². The lowest BCUT2D eigenvalue weighted by Crippen LogP contribution is -1.94. The summed E-state index contributed by atoms with van der Waals surface area (Å²) in [6, 6.07) is 1.99. The SMILES string of the molecule is CCc1cc(Cl)cnc1CC. The predicted molar refractivity (Wildman–Crippen MR) is 48.0 cm³/mol. The van der Waals surface area contributed by atoms with Crippen LogP contribution in [-0.4, -0.2) is 4.98 Å². The number of hydrogen-bond donors (Lipinski definition) is 0. The van der Waals surface area contributed by atoms with Gasteiger partial charge in [-0.3, -0.25) is 4.98 Å². The predicted octanol–water partition coefficient (Wildman–Crippen LogP) is 2.86. The van der Waals surface area contributed by atoms with E-state index in [1.807, 2.05) is 6.07 Å². The molecule has 2 heteroatoms. The number of aromatic nitrogens is 1. The highest BCUT2D eigenvalue weighted by Gasteiger charge is 1.99. The van der Waals surface area contributed by atoms with Crippen molar-refractivity contribution >= 4 is 11.6 Å². The fourth-order valence-corrected chi connectivity index (χ4v) is 1.31. The molecule has 0 amide bonds. The first-order valence-electron chi connectivity index (χ1n) is 3.91. The van der Waals surface area contributed by atoms with Gasteiger partial charge in [0.05, 0.1) is 5.02 Å². The fraction of sp³-hybridized carbons (Fsp3) is 0.444. The zero-order valence-corrected chi connectivity index (χ0v) is 7.65. The van der Waals surface area contributed by atoms with Crippen molar-refractivity contribution < 1.29 is 0 Å². The zero-order valence-electron chi connectivity index (χ0n) is 6.89. The molecule has 0 fully saturated rings. The third kappa shape index (κ3) is 1.93. The number of aryl methyl sites for hydroxylation is 2. The Kier molecular flexibility index (Phi) is 2.89. The quantitative estimate of drug-likeness (QED) is 0.664. The van der Waals surface area contributed by atoms with Crippen molar-refractivity contribution in [3.8, 4) is 0 Å². The minimum Gasteiger partial charge on any atom is -0.259 e. The normalized spacial score (nSPS) is 10.1. The first kappa shape index (κ1) is 8.54. The number of pyridine rings is 1. The molecule has 0 aliphatic carbocycles. The summed E-state index contributed by atoms with van der Waals surface area (Å²) in [5.41, 5.74) is 2.43. The van der Waals surface area contributed by atoms with E-state index in [1.165, 1.54) is 5.56 Å². The van der Waals surface area contributed by atoms with E-state index in [0.717, 1.165) is 23.6 Å². The molecule has 1 nitrogen and oxygen atoms in total. The number of hydrogen-bond acceptors (Lipinski definition) is 1. The Balaban J connectivity index is 3.06. The fourth-order valence-electron chi connectivity index (χ4n) is 1.13. The van der Waals surface area contributed by atoms with Gasteiger partial charge in [0.1, 0.15) is 0 Å². The Hall–Kier alpha value is -0.560. The molecule has 0 aliphatic heterocycles. The number of nitrogens with zero attached hydrogens (tertiary/aromatic N) is 1. The van der Waals surface area contributed by atoms with Crippen LogP contribution in [0.3, 0.4) is 0 Å². The molecule has 0 bridgehead atoms. The molecule has 11 heavy (non-hydrogen) atoms. The van der Waals surface area contributed by atoms with Gasteiger partial charge in [-0.15, -0.1) is 0 Å². The molecule has 60 valence electrons. The molecule has 1 aromatic heterocycles. The van der Waals surface area contributed by atoms with Crippen LogP contribution in [-0.2, 0) is 12.8 Å². The molecule has 0 N–H and O–H groups in total. The lowest BCUT2D eigenvalue weighted by molar-refractivity contribution is 0.964. The molecule has 0 aromatic carbocycles. The minimum atomic E-state index is 0.735. The summed E-state index contributed by atoms with van der Waals surface area (Å²) < 4.78 is 0. The third-order valence-corrected chi connectivity index (χ3v) is 1.95. The van der Waals surface area contributed by atoms with E-state index in [2.05, 4.69) is 18.8 Å². The summed E-state index contributed by atoms with van der Waals surface area (Å²) in [5, 5.41) is 0.735. The van der Waals surface area contributed by atoms with E-state index in [4.69, 9.17) is 11.6 Å². The zero-order chi connectivity index (χ0) is 8.27. The third-order valence-electron chi connectivity index (χ3n) is 1.74. The van der Waals surface area contributed by atoms with Crippen LogP contribution >= 0.6 is 11.6 Å². The maximum atomic E-state index is 5.79. The first-order chi connectivity index (χ1) is 5.27. The van der Waals surface area contributed by atoms with Gasteiger partial charge in [0.25, 0.3) is 0 Å². The second kappa shape index (κ2) is 3.72. The highest BCUT2D eigenvalue weighted by Crippen LogP contribution is 2.13. The molecule has 1 aromatic rings. The van der Waals surface area contributed by atoms with E-state index < -0.39 is 0 Å². The lowest BCUT2D eigenvalue weighted by atomic mass is 10.1. The van der Waals surface area contributed by atoms with Crippen molar-refractivity contribution in [3.05, 3.63) is 28.5 Å². The maximum Gasteiger partial charge on any atom is 0.0592 e. The summed E-state index contributed by atoms with van der Waals surface area (Å²) in [7, 11) is 0. The van der Waals surface area contributed by atoms with Crippen LogP contribution in [0.15, 0.2) is 12.3 Å². The summed E-state index contributed by atoms with van der Waals surface area (Å²) in [4.78, 5) is 4.24. The largest absolute Gasteiger partial charge is 0.259 e. The van der Waals surface area contributed by atoms with Crippen LogP contribution in [0.4, 0.5) is 0 Å². The van der Waals surface area contributed by atoms with Crippen molar-refractivity contribution in [1.82, 2.24) is 4.98 Å². The van der Waals surface area contributed by atoms with Gasteiger partial charge in [0, 0.05) is 11.9 Å². The summed E-state index contributed by atoms with van der Waals surface area (Å²) in [6.45, 7) is 4.22. The van der Waals surface area contributed by atoms with Gasteiger partial charge < -0.3 is 0 Å². The van der Waals surface area contributed by atoms with E-state index in [0.29, 0.717) is 0 Å². The molecule has 0 unspecified atom stereocenters. The monoisotopic (exact) mass is 169 g/mol. The van der Waals surface area contributed by atoms with Gasteiger partial charge in [0.15, 0.2) is 0 Å². The Labute approximate surface area is 72.4 Å². The van der Waals surface area contributed by atoms with Crippen LogP contribution < -0.4 is 0 Å². The molecule has 0 atom stereocenters. The Morgan fingerprint density at radius 1 is 1.36 bits per heavy atom. The highest BCUT2D eigenvalue weighted by molar-refractivity contribution is 6.30. The Morgan fingerprint density at radius 3 is 2.64 bits per heavy atom. The molecule has 0 aliphatic rings. The second-order valence-electron chi connectivity index (χ2n) is 2.47. The summed E-state index contributed by atoms with van der Waals surface area (Å²) >= 11 is 5.79. The van der Waals surface area contributed by atoms with Crippen molar-refractivity contribution in [1.29, 1.82) is 0 Å². The van der Waals surface area contributed by atoms with E-state index >= 15 is 0 Å². The average molecular weight is 170 g/mol. The van der Waals surface area contributed by atoms with Crippen molar-refractivity contribution in [2.45, 2.75) is 26.7 Å². The summed E-state index contributed by atoms with van der Waals surface area (Å²) in [5.74, 6) is 0. The molecule has 0 saturated carbocycles. The van der Waals surface area contributed by atoms with Gasteiger partial charge in [-0.2, -0.15) is 0 Å².